The van der Waals surface area contributed by atoms with Gasteiger partial charge in [-0.2, -0.15) is 0 Å². The van der Waals surface area contributed by atoms with Crippen molar-refractivity contribution in [2.45, 2.75) is 32.4 Å². The Labute approximate surface area is 171 Å². The second kappa shape index (κ2) is 9.43. The van der Waals surface area contributed by atoms with Crippen LogP contribution in [0.5, 0.6) is 11.5 Å². The average Bonchev–Trinajstić information content (AvgIpc) is 3.53. The zero-order valence-corrected chi connectivity index (χ0v) is 17.1. The van der Waals surface area contributed by atoms with Gasteiger partial charge in [-0.1, -0.05) is 0 Å². The zero-order valence-electron chi connectivity index (χ0n) is 17.1. The molecule has 0 heterocycles. The van der Waals surface area contributed by atoms with Crippen LogP contribution in [0.1, 0.15) is 25.3 Å². The molecule has 2 amide bonds. The number of hydrogen-bond acceptors (Lipinski definition) is 4. The number of benzene rings is 2. The summed E-state index contributed by atoms with van der Waals surface area (Å²) >= 11 is 0. The summed E-state index contributed by atoms with van der Waals surface area (Å²) in [6.45, 7) is 2.59. The molecule has 0 aromatic heterocycles. The predicted octanol–water partition coefficient (Wildman–Crippen LogP) is 1.85. The maximum absolute atomic E-state index is 12.8. The van der Waals surface area contributed by atoms with Crippen LogP contribution in [0.25, 0.3) is 0 Å². The highest BCUT2D eigenvalue weighted by atomic mass is 16.5. The second-order valence-corrected chi connectivity index (χ2v) is 7.28. The van der Waals surface area contributed by atoms with Crippen LogP contribution >= 0.6 is 0 Å². The van der Waals surface area contributed by atoms with Gasteiger partial charge >= 0.3 is 0 Å². The molecule has 29 heavy (non-hydrogen) atoms. The number of carbonyl (C=O) groups is 2. The van der Waals surface area contributed by atoms with Crippen LogP contribution in [0.4, 0.5) is 11.4 Å². The van der Waals surface area contributed by atoms with E-state index in [1.54, 1.807) is 32.4 Å². The van der Waals surface area contributed by atoms with E-state index in [2.05, 4.69) is 10.6 Å². The third-order valence-corrected chi connectivity index (χ3v) is 4.93. The predicted molar refractivity (Wildman–Crippen MR) is 111 cm³/mol. The van der Waals surface area contributed by atoms with Crippen LogP contribution in [0.2, 0.25) is 0 Å². The number of ether oxygens (including phenoxy) is 2. The first kappa shape index (κ1) is 20.7. The van der Waals surface area contributed by atoms with Crippen molar-refractivity contribution in [2.75, 3.05) is 31.4 Å². The minimum atomic E-state index is -0.170. The summed E-state index contributed by atoms with van der Waals surface area (Å²) in [7, 11) is 3.20. The molecule has 3 N–H and O–H groups in total. The monoisotopic (exact) mass is 398 g/mol. The third kappa shape index (κ3) is 5.96. The van der Waals surface area contributed by atoms with Crippen LogP contribution in [-0.2, 0) is 16.1 Å². The number of methoxy groups -OCH3 is 2. The molecule has 2 aromatic carbocycles. The van der Waals surface area contributed by atoms with Crippen LogP contribution < -0.4 is 25.0 Å². The van der Waals surface area contributed by atoms with E-state index in [1.807, 2.05) is 24.3 Å². The van der Waals surface area contributed by atoms with Crippen molar-refractivity contribution in [2.24, 2.45) is 0 Å². The average molecular weight is 398 g/mol. The summed E-state index contributed by atoms with van der Waals surface area (Å²) in [5, 5.41) is 5.66. The molecule has 0 spiro atoms. The van der Waals surface area contributed by atoms with E-state index in [1.165, 1.54) is 17.4 Å². The second-order valence-electron chi connectivity index (χ2n) is 7.28. The van der Waals surface area contributed by atoms with Gasteiger partial charge < -0.3 is 25.0 Å². The van der Waals surface area contributed by atoms with E-state index < -0.39 is 0 Å². The molecule has 0 aliphatic heterocycles. The van der Waals surface area contributed by atoms with E-state index >= 15 is 0 Å². The first-order chi connectivity index (χ1) is 14.0. The van der Waals surface area contributed by atoms with Gasteiger partial charge in [0.25, 0.3) is 5.91 Å². The molecule has 3 rings (SSSR count). The molecule has 7 heteroatoms. The molecule has 1 atom stereocenters. The van der Waals surface area contributed by atoms with Gasteiger partial charge in [0, 0.05) is 31.0 Å². The number of carbonyl (C=O) groups excluding carboxylic acids is 2. The fourth-order valence-electron chi connectivity index (χ4n) is 3.34. The first-order valence-electron chi connectivity index (χ1n) is 9.71. The van der Waals surface area contributed by atoms with Gasteiger partial charge in [-0.05, 0) is 42.5 Å². The minimum Gasteiger partial charge on any atom is -0.497 e. The Morgan fingerprint density at radius 2 is 1.76 bits per heavy atom. The number of quaternary nitrogens is 1. The summed E-state index contributed by atoms with van der Waals surface area (Å²) in [5.41, 5.74) is 2.33. The van der Waals surface area contributed by atoms with Gasteiger partial charge in [0.15, 0.2) is 6.54 Å². The highest BCUT2D eigenvalue weighted by Crippen LogP contribution is 2.27. The molecule has 154 valence electrons. The summed E-state index contributed by atoms with van der Waals surface area (Å²) in [4.78, 5) is 25.3. The van der Waals surface area contributed by atoms with E-state index in [0.29, 0.717) is 29.7 Å². The molecule has 0 saturated heterocycles. The number of rotatable bonds is 9. The molecular formula is C22H28N3O4+. The van der Waals surface area contributed by atoms with Crippen LogP contribution in [-0.4, -0.2) is 38.6 Å². The van der Waals surface area contributed by atoms with Gasteiger partial charge in [0.05, 0.1) is 25.9 Å². The Kier molecular flexibility index (Phi) is 6.72. The topological polar surface area (TPSA) is 81.1 Å². The van der Waals surface area contributed by atoms with Gasteiger partial charge in [0.1, 0.15) is 18.0 Å². The lowest BCUT2D eigenvalue weighted by Crippen LogP contribution is -3.13. The normalized spacial score (nSPS) is 14.0. The fourth-order valence-corrected chi connectivity index (χ4v) is 3.34. The van der Waals surface area contributed by atoms with Crippen molar-refractivity contribution in [3.8, 4) is 11.5 Å². The van der Waals surface area contributed by atoms with Gasteiger partial charge in [0.2, 0.25) is 5.91 Å². The van der Waals surface area contributed by atoms with Crippen molar-refractivity contribution in [3.63, 3.8) is 0 Å². The summed E-state index contributed by atoms with van der Waals surface area (Å²) in [5.74, 6) is 1.12. The molecule has 1 saturated carbocycles. The van der Waals surface area contributed by atoms with E-state index in [-0.39, 0.29) is 11.8 Å². The van der Waals surface area contributed by atoms with Crippen LogP contribution in [0.15, 0.2) is 42.5 Å². The lowest BCUT2D eigenvalue weighted by atomic mass is 10.2. The van der Waals surface area contributed by atoms with Crippen molar-refractivity contribution in [1.82, 2.24) is 0 Å². The molecule has 1 aliphatic carbocycles. The van der Waals surface area contributed by atoms with E-state index in [4.69, 9.17) is 9.47 Å². The SMILES string of the molecule is COc1ccc(C[NH+](CC(=O)Nc2cc(NC(C)=O)ccc2OC)C2CC2)cc1. The van der Waals surface area contributed by atoms with E-state index in [0.717, 1.165) is 25.1 Å². The molecular weight excluding hydrogens is 370 g/mol. The quantitative estimate of drug-likeness (QED) is 0.602. The Bertz CT molecular complexity index is 863. The number of amides is 2. The number of nitrogens with one attached hydrogen (secondary N) is 3. The minimum absolute atomic E-state index is 0.0845. The van der Waals surface area contributed by atoms with E-state index in [9.17, 15) is 9.59 Å². The summed E-state index contributed by atoms with van der Waals surface area (Å²) in [6, 6.07) is 13.6. The number of hydrogen-bond donors (Lipinski definition) is 3. The van der Waals surface area contributed by atoms with Crippen LogP contribution in [0, 0.1) is 0 Å². The highest BCUT2D eigenvalue weighted by molar-refractivity contribution is 5.95. The summed E-state index contributed by atoms with van der Waals surface area (Å²) < 4.78 is 10.6. The molecule has 0 radical (unpaired) electrons. The molecule has 0 bridgehead atoms. The lowest BCUT2D eigenvalue weighted by Gasteiger charge is -2.19. The van der Waals surface area contributed by atoms with Gasteiger partial charge in [-0.15, -0.1) is 0 Å². The molecule has 2 aromatic rings. The Balaban J connectivity index is 1.66. The van der Waals surface area contributed by atoms with Crippen molar-refractivity contribution < 1.29 is 24.0 Å². The van der Waals surface area contributed by atoms with Crippen molar-refractivity contribution in [1.29, 1.82) is 0 Å². The standard InChI is InChI=1S/C22H27N3O4/c1-15(26)23-17-6-11-21(29-3)20(12-17)24-22(27)14-25(18-7-8-18)13-16-4-9-19(28-2)10-5-16/h4-6,9-12,18H,7-8,13-14H2,1-3H3,(H,23,26)(H,24,27)/p+1. The Hall–Kier alpha value is -3.06. The van der Waals surface area contributed by atoms with Gasteiger partial charge in [-0.3, -0.25) is 9.59 Å². The first-order valence-corrected chi connectivity index (χ1v) is 9.71. The zero-order chi connectivity index (χ0) is 20.8. The van der Waals surface area contributed by atoms with Crippen molar-refractivity contribution >= 4 is 23.2 Å². The molecule has 1 unspecified atom stereocenters. The summed E-state index contributed by atoms with van der Waals surface area (Å²) in [6.07, 6.45) is 2.28. The van der Waals surface area contributed by atoms with Crippen molar-refractivity contribution in [3.05, 3.63) is 48.0 Å². The van der Waals surface area contributed by atoms with Gasteiger partial charge in [-0.25, -0.2) is 0 Å². The highest BCUT2D eigenvalue weighted by Gasteiger charge is 2.34. The Morgan fingerprint density at radius 1 is 1.03 bits per heavy atom. The Morgan fingerprint density at radius 3 is 2.34 bits per heavy atom. The number of anilines is 2. The molecule has 1 fully saturated rings. The fraction of sp³-hybridized carbons (Fsp3) is 0.364. The lowest BCUT2D eigenvalue weighted by molar-refractivity contribution is -0.916. The molecule has 1 aliphatic rings. The largest absolute Gasteiger partial charge is 0.497 e. The molecule has 7 nitrogen and oxygen atoms in total. The maximum atomic E-state index is 12.8. The van der Waals surface area contributed by atoms with Crippen LogP contribution in [0.3, 0.4) is 0 Å². The smallest absolute Gasteiger partial charge is 0.279 e. The maximum Gasteiger partial charge on any atom is 0.279 e. The third-order valence-electron chi connectivity index (χ3n) is 4.93.